The van der Waals surface area contributed by atoms with Crippen LogP contribution in [0.3, 0.4) is 0 Å². The van der Waals surface area contributed by atoms with Gasteiger partial charge in [0.2, 0.25) is 0 Å². The van der Waals surface area contributed by atoms with E-state index in [1.54, 1.807) is 0 Å². The third-order valence-corrected chi connectivity index (χ3v) is 3.89. The van der Waals surface area contributed by atoms with Crippen LogP contribution in [-0.4, -0.2) is 13.1 Å². The quantitative estimate of drug-likeness (QED) is 0.374. The lowest BCUT2D eigenvalue weighted by Crippen LogP contribution is -2.02. The number of rotatable bonds is 4. The van der Waals surface area contributed by atoms with Crippen molar-refractivity contribution in [3.63, 3.8) is 0 Å². The third-order valence-electron chi connectivity index (χ3n) is 3.89. The summed E-state index contributed by atoms with van der Waals surface area (Å²) in [7, 11) is 1.37. The molecule has 3 aromatic carbocycles. The van der Waals surface area contributed by atoms with Gasteiger partial charge in [0.25, 0.3) is 0 Å². The van der Waals surface area contributed by atoms with Crippen LogP contribution in [0.4, 0.5) is 0 Å². The number of benzene rings is 3. The van der Waals surface area contributed by atoms with Crippen LogP contribution in [0.15, 0.2) is 102 Å². The fraction of sp³-hybridized carbons (Fsp3) is 0.0417. The Hall–Kier alpha value is -3.57. The molecule has 3 rings (SSSR count). The second-order valence-electron chi connectivity index (χ2n) is 5.59. The molecule has 26 heavy (non-hydrogen) atoms. The Morgan fingerprint density at radius 1 is 0.654 bits per heavy atom. The SMILES string of the molecule is COC(=O)C(=C=C=C(c1ccccc1)c1ccccc1)c1ccccc1. The van der Waals surface area contributed by atoms with E-state index in [0.717, 1.165) is 22.3 Å². The van der Waals surface area contributed by atoms with Gasteiger partial charge in [0.05, 0.1) is 7.11 Å². The monoisotopic (exact) mass is 338 g/mol. The summed E-state index contributed by atoms with van der Waals surface area (Å²) >= 11 is 0. The maximum absolute atomic E-state index is 12.2. The van der Waals surface area contributed by atoms with Crippen molar-refractivity contribution in [1.29, 1.82) is 0 Å². The summed E-state index contributed by atoms with van der Waals surface area (Å²) in [5.74, 6) is -0.441. The van der Waals surface area contributed by atoms with Crippen molar-refractivity contribution in [1.82, 2.24) is 0 Å². The van der Waals surface area contributed by atoms with Crippen molar-refractivity contribution >= 4 is 17.1 Å². The van der Waals surface area contributed by atoms with Gasteiger partial charge in [-0.15, -0.1) is 0 Å². The topological polar surface area (TPSA) is 26.3 Å². The lowest BCUT2D eigenvalue weighted by atomic mass is 9.98. The molecule has 0 bridgehead atoms. The zero-order chi connectivity index (χ0) is 18.2. The first-order chi connectivity index (χ1) is 12.8. The number of hydrogen-bond donors (Lipinski definition) is 0. The van der Waals surface area contributed by atoms with Gasteiger partial charge in [-0.05, 0) is 16.7 Å². The molecule has 2 nitrogen and oxygen atoms in total. The Kier molecular flexibility index (Phi) is 5.65. The summed E-state index contributed by atoms with van der Waals surface area (Å²) in [5.41, 5.74) is 10.2. The summed E-state index contributed by atoms with van der Waals surface area (Å²) < 4.78 is 4.92. The Bertz CT molecular complexity index is 933. The van der Waals surface area contributed by atoms with Crippen molar-refractivity contribution in [3.8, 4) is 0 Å². The van der Waals surface area contributed by atoms with Crippen LogP contribution in [0.25, 0.3) is 11.1 Å². The molecule has 0 aromatic heterocycles. The van der Waals surface area contributed by atoms with E-state index >= 15 is 0 Å². The van der Waals surface area contributed by atoms with E-state index in [1.807, 2.05) is 91.0 Å². The smallest absolute Gasteiger partial charge is 0.347 e. The van der Waals surface area contributed by atoms with Crippen LogP contribution in [0.5, 0.6) is 0 Å². The molecule has 0 saturated heterocycles. The highest BCUT2D eigenvalue weighted by atomic mass is 16.5. The van der Waals surface area contributed by atoms with E-state index in [0.29, 0.717) is 5.57 Å². The van der Waals surface area contributed by atoms with Crippen LogP contribution >= 0.6 is 0 Å². The van der Waals surface area contributed by atoms with E-state index < -0.39 is 5.97 Å². The fourth-order valence-electron chi connectivity index (χ4n) is 2.59. The highest BCUT2D eigenvalue weighted by Gasteiger charge is 2.11. The van der Waals surface area contributed by atoms with Gasteiger partial charge in [0.15, 0.2) is 0 Å². The van der Waals surface area contributed by atoms with Crippen LogP contribution in [-0.2, 0) is 9.53 Å². The van der Waals surface area contributed by atoms with Crippen LogP contribution in [0.2, 0.25) is 0 Å². The molecule has 3 aromatic rings. The standard InChI is InChI=1S/C24H18O2/c1-26-24(25)23(21-15-9-4-10-16-21)18-17-22(19-11-5-2-6-12-19)20-13-7-3-8-14-20/h2-16H,1H3. The Labute approximate surface area is 153 Å². The summed E-state index contributed by atoms with van der Waals surface area (Å²) in [4.78, 5) is 12.2. The van der Waals surface area contributed by atoms with Gasteiger partial charge >= 0.3 is 5.97 Å². The first-order valence-electron chi connectivity index (χ1n) is 8.30. The highest BCUT2D eigenvalue weighted by Crippen LogP contribution is 2.22. The number of ether oxygens (including phenoxy) is 1. The van der Waals surface area contributed by atoms with Crippen molar-refractivity contribution in [3.05, 3.63) is 119 Å². The summed E-state index contributed by atoms with van der Waals surface area (Å²) in [5, 5.41) is 0. The zero-order valence-electron chi connectivity index (χ0n) is 14.5. The van der Waals surface area contributed by atoms with E-state index in [9.17, 15) is 4.79 Å². The summed E-state index contributed by atoms with van der Waals surface area (Å²) in [6.45, 7) is 0. The van der Waals surface area contributed by atoms with Crippen molar-refractivity contribution in [2.75, 3.05) is 7.11 Å². The van der Waals surface area contributed by atoms with E-state index in [-0.39, 0.29) is 0 Å². The molecule has 0 N–H and O–H groups in total. The lowest BCUT2D eigenvalue weighted by molar-refractivity contribution is -0.133. The average molecular weight is 338 g/mol. The number of carbonyl (C=O) groups excluding carboxylic acids is 1. The van der Waals surface area contributed by atoms with Crippen molar-refractivity contribution in [2.24, 2.45) is 0 Å². The van der Waals surface area contributed by atoms with E-state index in [1.165, 1.54) is 7.11 Å². The normalized spacial score (nSPS) is 9.58. The summed E-state index contributed by atoms with van der Waals surface area (Å²) in [6.07, 6.45) is 0. The van der Waals surface area contributed by atoms with E-state index in [4.69, 9.17) is 4.74 Å². The highest BCUT2D eigenvalue weighted by molar-refractivity contribution is 6.16. The van der Waals surface area contributed by atoms with Crippen LogP contribution in [0, 0.1) is 0 Å². The molecule has 0 saturated carbocycles. The Balaban J connectivity index is 2.28. The second kappa shape index (κ2) is 8.50. The van der Waals surface area contributed by atoms with Crippen LogP contribution < -0.4 is 0 Å². The average Bonchev–Trinajstić information content (AvgIpc) is 2.73. The molecule has 0 heterocycles. The molecule has 0 aliphatic rings. The first-order valence-corrected chi connectivity index (χ1v) is 8.30. The third kappa shape index (κ3) is 4.09. The maximum atomic E-state index is 12.2. The molecular formula is C24H18O2. The van der Waals surface area contributed by atoms with Gasteiger partial charge in [0.1, 0.15) is 5.57 Å². The van der Waals surface area contributed by atoms with Gasteiger partial charge in [-0.2, -0.15) is 0 Å². The lowest BCUT2D eigenvalue weighted by Gasteiger charge is -2.05. The minimum absolute atomic E-state index is 0.345. The van der Waals surface area contributed by atoms with Gasteiger partial charge < -0.3 is 4.74 Å². The summed E-state index contributed by atoms with van der Waals surface area (Å²) in [6, 6.07) is 29.2. The molecular weight excluding hydrogens is 320 g/mol. The molecule has 0 fully saturated rings. The first kappa shape index (κ1) is 17.3. The molecule has 0 radical (unpaired) electrons. The maximum Gasteiger partial charge on any atom is 0.347 e. The molecule has 0 atom stereocenters. The van der Waals surface area contributed by atoms with E-state index in [2.05, 4.69) is 11.5 Å². The minimum atomic E-state index is -0.441. The zero-order valence-corrected chi connectivity index (χ0v) is 14.5. The number of methoxy groups -OCH3 is 1. The van der Waals surface area contributed by atoms with Gasteiger partial charge in [-0.1, -0.05) is 102 Å². The predicted molar refractivity (Wildman–Crippen MR) is 104 cm³/mol. The fourth-order valence-corrected chi connectivity index (χ4v) is 2.59. The van der Waals surface area contributed by atoms with Crippen molar-refractivity contribution < 1.29 is 9.53 Å². The van der Waals surface area contributed by atoms with Gasteiger partial charge in [-0.25, -0.2) is 4.79 Å². The largest absolute Gasteiger partial charge is 0.465 e. The van der Waals surface area contributed by atoms with Crippen LogP contribution in [0.1, 0.15) is 16.7 Å². The van der Waals surface area contributed by atoms with Gasteiger partial charge in [-0.3, -0.25) is 0 Å². The predicted octanol–water partition coefficient (Wildman–Crippen LogP) is 5.13. The Morgan fingerprint density at radius 2 is 1.08 bits per heavy atom. The number of esters is 1. The molecule has 0 amide bonds. The van der Waals surface area contributed by atoms with Crippen molar-refractivity contribution in [2.45, 2.75) is 0 Å². The molecule has 0 spiro atoms. The minimum Gasteiger partial charge on any atom is -0.465 e. The molecule has 0 unspecified atom stereocenters. The van der Waals surface area contributed by atoms with Gasteiger partial charge in [0, 0.05) is 5.57 Å². The molecule has 0 aliphatic heterocycles. The molecule has 126 valence electrons. The number of hydrogen-bond acceptors (Lipinski definition) is 2. The number of carbonyl (C=O) groups is 1. The molecule has 2 heteroatoms. The Morgan fingerprint density at radius 3 is 1.50 bits per heavy atom. The molecule has 0 aliphatic carbocycles. The second-order valence-corrected chi connectivity index (χ2v) is 5.59.